The second kappa shape index (κ2) is 6.28. The van der Waals surface area contributed by atoms with Gasteiger partial charge in [0, 0.05) is 16.6 Å². The molecule has 0 bridgehead atoms. The van der Waals surface area contributed by atoms with Gasteiger partial charge in [-0.1, -0.05) is 43.0 Å². The molecule has 1 atom stereocenters. The van der Waals surface area contributed by atoms with E-state index in [9.17, 15) is 0 Å². The summed E-state index contributed by atoms with van der Waals surface area (Å²) in [6, 6.07) is 6.45. The van der Waals surface area contributed by atoms with Crippen molar-refractivity contribution in [1.82, 2.24) is 4.90 Å². The predicted octanol–water partition coefficient (Wildman–Crippen LogP) is 4.45. The Bertz CT molecular complexity index is 488. The molecule has 1 heterocycles. The van der Waals surface area contributed by atoms with Gasteiger partial charge in [0.05, 0.1) is 0 Å². The number of halogens is 1. The lowest BCUT2D eigenvalue weighted by molar-refractivity contribution is 0.0478. The summed E-state index contributed by atoms with van der Waals surface area (Å²) in [7, 11) is 0. The summed E-state index contributed by atoms with van der Waals surface area (Å²) in [6.45, 7) is 4.48. The Morgan fingerprint density at radius 2 is 1.76 bits per heavy atom. The lowest BCUT2D eigenvalue weighted by Gasteiger charge is -2.47. The van der Waals surface area contributed by atoms with Gasteiger partial charge in [0.15, 0.2) is 0 Å². The van der Waals surface area contributed by atoms with Crippen molar-refractivity contribution in [2.45, 2.75) is 63.5 Å². The van der Waals surface area contributed by atoms with Crippen LogP contribution < -0.4 is 5.73 Å². The van der Waals surface area contributed by atoms with Crippen molar-refractivity contribution in [1.29, 1.82) is 0 Å². The first-order chi connectivity index (χ1) is 10.1. The van der Waals surface area contributed by atoms with Crippen molar-refractivity contribution in [3.63, 3.8) is 0 Å². The van der Waals surface area contributed by atoms with Gasteiger partial charge in [0.25, 0.3) is 0 Å². The maximum absolute atomic E-state index is 6.78. The second-order valence-corrected chi connectivity index (χ2v) is 7.25. The van der Waals surface area contributed by atoms with Crippen LogP contribution in [0.1, 0.15) is 62.1 Å². The Morgan fingerprint density at radius 3 is 2.38 bits per heavy atom. The zero-order valence-corrected chi connectivity index (χ0v) is 13.8. The standard InChI is InChI=1S/C18H27ClN2/c1-14-7-8-15(13-16(14)19)17(20)18(9-3-4-10-18)21-11-5-2-6-12-21/h7-8,13,17H,2-6,9-12,20H2,1H3. The molecule has 3 rings (SSSR count). The van der Waals surface area contributed by atoms with E-state index in [1.165, 1.54) is 63.6 Å². The maximum Gasteiger partial charge on any atom is 0.0482 e. The summed E-state index contributed by atoms with van der Waals surface area (Å²) in [5.41, 5.74) is 9.29. The van der Waals surface area contributed by atoms with Crippen molar-refractivity contribution in [3.05, 3.63) is 34.3 Å². The summed E-state index contributed by atoms with van der Waals surface area (Å²) in [4.78, 5) is 2.70. The van der Waals surface area contributed by atoms with Crippen LogP contribution in [0.25, 0.3) is 0 Å². The van der Waals surface area contributed by atoms with Crippen LogP contribution in [0.15, 0.2) is 18.2 Å². The molecule has 2 aliphatic rings. The molecule has 3 heteroatoms. The molecule has 2 fully saturated rings. The quantitative estimate of drug-likeness (QED) is 0.894. The number of piperidine rings is 1. The molecule has 1 aromatic carbocycles. The number of likely N-dealkylation sites (tertiary alicyclic amines) is 1. The van der Waals surface area contributed by atoms with Gasteiger partial charge in [0.1, 0.15) is 0 Å². The molecule has 1 aromatic rings. The van der Waals surface area contributed by atoms with Crippen LogP contribution >= 0.6 is 11.6 Å². The lowest BCUT2D eigenvalue weighted by atomic mass is 9.81. The fraction of sp³-hybridized carbons (Fsp3) is 0.667. The molecule has 0 aromatic heterocycles. The first kappa shape index (κ1) is 15.3. The summed E-state index contributed by atoms with van der Waals surface area (Å²) in [5.74, 6) is 0. The summed E-state index contributed by atoms with van der Waals surface area (Å²) in [5, 5.41) is 0.842. The van der Waals surface area contributed by atoms with Crippen LogP contribution in [0, 0.1) is 6.92 Å². The van der Waals surface area contributed by atoms with Crippen molar-refractivity contribution in [2.75, 3.05) is 13.1 Å². The van der Waals surface area contributed by atoms with Crippen molar-refractivity contribution < 1.29 is 0 Å². The largest absolute Gasteiger partial charge is 0.322 e. The number of hydrogen-bond acceptors (Lipinski definition) is 2. The van der Waals surface area contributed by atoms with E-state index < -0.39 is 0 Å². The average Bonchev–Trinajstić information content (AvgIpc) is 3.01. The van der Waals surface area contributed by atoms with Gasteiger partial charge in [-0.25, -0.2) is 0 Å². The molecule has 1 saturated heterocycles. The van der Waals surface area contributed by atoms with E-state index in [0.717, 1.165) is 10.6 Å². The van der Waals surface area contributed by atoms with E-state index >= 15 is 0 Å². The second-order valence-electron chi connectivity index (χ2n) is 6.84. The first-order valence-electron chi connectivity index (χ1n) is 8.40. The summed E-state index contributed by atoms with van der Waals surface area (Å²) < 4.78 is 0. The number of nitrogens with zero attached hydrogens (tertiary/aromatic N) is 1. The minimum Gasteiger partial charge on any atom is -0.322 e. The SMILES string of the molecule is Cc1ccc(C(N)C2(N3CCCCC3)CCCC2)cc1Cl. The van der Waals surface area contributed by atoms with Gasteiger partial charge in [-0.15, -0.1) is 0 Å². The molecule has 1 aliphatic heterocycles. The third-order valence-corrected chi connectivity index (χ3v) is 6.00. The van der Waals surface area contributed by atoms with Crippen LogP contribution in [-0.2, 0) is 0 Å². The Kier molecular flexibility index (Phi) is 4.58. The highest BCUT2D eigenvalue weighted by atomic mass is 35.5. The first-order valence-corrected chi connectivity index (χ1v) is 8.78. The normalized spacial score (nSPS) is 24.1. The Hall–Kier alpha value is -0.570. The molecule has 0 spiro atoms. The zero-order valence-electron chi connectivity index (χ0n) is 13.1. The number of rotatable bonds is 3. The van der Waals surface area contributed by atoms with Crippen LogP contribution in [0.5, 0.6) is 0 Å². The van der Waals surface area contributed by atoms with Crippen LogP contribution in [0.2, 0.25) is 5.02 Å². The van der Waals surface area contributed by atoms with Crippen LogP contribution in [0.3, 0.4) is 0 Å². The minimum atomic E-state index is 0.0798. The molecule has 1 saturated carbocycles. The maximum atomic E-state index is 6.78. The van der Waals surface area contributed by atoms with Gasteiger partial charge < -0.3 is 5.73 Å². The van der Waals surface area contributed by atoms with Crippen molar-refractivity contribution >= 4 is 11.6 Å². The van der Waals surface area contributed by atoms with E-state index in [0.29, 0.717) is 0 Å². The Labute approximate surface area is 133 Å². The van der Waals surface area contributed by atoms with Crippen LogP contribution in [0.4, 0.5) is 0 Å². The Morgan fingerprint density at radius 1 is 1.10 bits per heavy atom. The number of benzene rings is 1. The summed E-state index contributed by atoms with van der Waals surface area (Å²) >= 11 is 6.33. The van der Waals surface area contributed by atoms with Gasteiger partial charge in [-0.05, 0) is 62.9 Å². The highest BCUT2D eigenvalue weighted by Gasteiger charge is 2.45. The fourth-order valence-electron chi connectivity index (χ4n) is 4.26. The van der Waals surface area contributed by atoms with Crippen LogP contribution in [-0.4, -0.2) is 23.5 Å². The third-order valence-electron chi connectivity index (χ3n) is 5.59. The predicted molar refractivity (Wildman–Crippen MR) is 89.7 cm³/mol. The molecule has 1 aliphatic carbocycles. The van der Waals surface area contributed by atoms with Gasteiger partial charge in [0.2, 0.25) is 0 Å². The van der Waals surface area contributed by atoms with E-state index in [1.54, 1.807) is 0 Å². The average molecular weight is 307 g/mol. The van der Waals surface area contributed by atoms with Gasteiger partial charge >= 0.3 is 0 Å². The highest BCUT2D eigenvalue weighted by Crippen LogP contribution is 2.44. The Balaban J connectivity index is 1.90. The molecule has 2 nitrogen and oxygen atoms in total. The fourth-order valence-corrected chi connectivity index (χ4v) is 4.45. The smallest absolute Gasteiger partial charge is 0.0482 e. The molecule has 0 amide bonds. The molecule has 1 unspecified atom stereocenters. The molecule has 2 N–H and O–H groups in total. The van der Waals surface area contributed by atoms with E-state index in [-0.39, 0.29) is 11.6 Å². The minimum absolute atomic E-state index is 0.0798. The monoisotopic (exact) mass is 306 g/mol. The van der Waals surface area contributed by atoms with E-state index in [4.69, 9.17) is 17.3 Å². The molecular weight excluding hydrogens is 280 g/mol. The molecule has 116 valence electrons. The van der Waals surface area contributed by atoms with E-state index in [1.807, 2.05) is 6.92 Å². The summed E-state index contributed by atoms with van der Waals surface area (Å²) in [6.07, 6.45) is 9.11. The van der Waals surface area contributed by atoms with E-state index in [2.05, 4.69) is 23.1 Å². The van der Waals surface area contributed by atoms with Crippen molar-refractivity contribution in [3.8, 4) is 0 Å². The van der Waals surface area contributed by atoms with Gasteiger partial charge in [-0.3, -0.25) is 4.90 Å². The number of nitrogens with two attached hydrogens (primary N) is 1. The number of aryl methyl sites for hydroxylation is 1. The highest BCUT2D eigenvalue weighted by molar-refractivity contribution is 6.31. The molecular formula is C18H27ClN2. The number of hydrogen-bond donors (Lipinski definition) is 1. The van der Waals surface area contributed by atoms with Gasteiger partial charge in [-0.2, -0.15) is 0 Å². The third kappa shape index (κ3) is 2.86. The molecule has 0 radical (unpaired) electrons. The topological polar surface area (TPSA) is 29.3 Å². The lowest BCUT2D eigenvalue weighted by Crippen LogP contribution is -2.55. The molecule has 21 heavy (non-hydrogen) atoms. The zero-order chi connectivity index (χ0) is 14.9. The van der Waals surface area contributed by atoms with Crippen molar-refractivity contribution in [2.24, 2.45) is 5.73 Å².